The molecule has 2 rings (SSSR count). The molecule has 0 bridgehead atoms. The van der Waals surface area contributed by atoms with Crippen LogP contribution in [0.4, 0.5) is 0 Å². The molecule has 122 valence electrons. The Bertz CT molecular complexity index is 311. The highest BCUT2D eigenvalue weighted by Crippen LogP contribution is 2.35. The molecule has 2 unspecified atom stereocenters. The highest BCUT2D eigenvalue weighted by molar-refractivity contribution is 5.80. The molecular formula is C17H34N4. The van der Waals surface area contributed by atoms with Crippen molar-refractivity contribution in [1.82, 2.24) is 15.1 Å². The van der Waals surface area contributed by atoms with Gasteiger partial charge in [0.25, 0.3) is 0 Å². The van der Waals surface area contributed by atoms with Gasteiger partial charge in [-0.15, -0.1) is 0 Å². The maximum Gasteiger partial charge on any atom is 0.193 e. The van der Waals surface area contributed by atoms with Crippen molar-refractivity contribution in [3.05, 3.63) is 0 Å². The second kappa shape index (κ2) is 8.62. The van der Waals surface area contributed by atoms with E-state index < -0.39 is 0 Å². The minimum atomic E-state index is 0.924. The summed E-state index contributed by atoms with van der Waals surface area (Å²) < 4.78 is 0. The molecular weight excluding hydrogens is 260 g/mol. The fraction of sp³-hybridized carbons (Fsp3) is 0.941. The summed E-state index contributed by atoms with van der Waals surface area (Å²) in [5, 5.41) is 3.57. The van der Waals surface area contributed by atoms with Crippen LogP contribution >= 0.6 is 0 Å². The minimum absolute atomic E-state index is 0.924. The Hall–Kier alpha value is -0.770. The van der Waals surface area contributed by atoms with Crippen molar-refractivity contribution in [2.24, 2.45) is 16.8 Å². The second-order valence-corrected chi connectivity index (χ2v) is 6.56. The maximum atomic E-state index is 4.50. The highest BCUT2D eigenvalue weighted by Gasteiger charge is 2.35. The normalized spacial score (nSPS) is 26.3. The van der Waals surface area contributed by atoms with Gasteiger partial charge in [-0.3, -0.25) is 4.99 Å². The number of nitrogens with one attached hydrogen (secondary N) is 1. The van der Waals surface area contributed by atoms with Crippen LogP contribution < -0.4 is 5.32 Å². The summed E-state index contributed by atoms with van der Waals surface area (Å²) in [6, 6.07) is 0. The van der Waals surface area contributed by atoms with E-state index in [1.165, 1.54) is 51.7 Å². The summed E-state index contributed by atoms with van der Waals surface area (Å²) in [6.45, 7) is 11.4. The standard InChI is InChI=1S/C17H34N4/c1-4-20(5-2)12-8-11-19-17(18-3)21-13-15-9-6-7-10-16(15)14-21/h15-16H,4-14H2,1-3H3,(H,18,19). The molecule has 0 aromatic carbocycles. The Morgan fingerprint density at radius 2 is 1.76 bits per heavy atom. The molecule has 1 aliphatic heterocycles. The smallest absolute Gasteiger partial charge is 0.193 e. The lowest BCUT2D eigenvalue weighted by molar-refractivity contribution is 0.299. The van der Waals surface area contributed by atoms with Gasteiger partial charge in [0.2, 0.25) is 0 Å². The van der Waals surface area contributed by atoms with Gasteiger partial charge in [0.1, 0.15) is 0 Å². The van der Waals surface area contributed by atoms with Gasteiger partial charge in [-0.25, -0.2) is 0 Å². The summed E-state index contributed by atoms with van der Waals surface area (Å²) in [7, 11) is 1.93. The van der Waals surface area contributed by atoms with Gasteiger partial charge in [0, 0.05) is 26.7 Å². The zero-order valence-electron chi connectivity index (χ0n) is 14.3. The summed E-state index contributed by atoms with van der Waals surface area (Å²) in [5.41, 5.74) is 0. The van der Waals surface area contributed by atoms with Gasteiger partial charge < -0.3 is 15.1 Å². The molecule has 1 heterocycles. The van der Waals surface area contributed by atoms with E-state index in [0.29, 0.717) is 0 Å². The molecule has 1 saturated carbocycles. The van der Waals surface area contributed by atoms with Gasteiger partial charge in [-0.2, -0.15) is 0 Å². The molecule has 0 radical (unpaired) electrons. The first-order valence-corrected chi connectivity index (χ1v) is 8.96. The molecule has 0 aromatic heterocycles. The molecule has 1 saturated heterocycles. The van der Waals surface area contributed by atoms with E-state index in [9.17, 15) is 0 Å². The molecule has 1 aliphatic carbocycles. The zero-order valence-corrected chi connectivity index (χ0v) is 14.3. The predicted octanol–water partition coefficient (Wildman–Crippen LogP) is 2.42. The first kappa shape index (κ1) is 16.6. The van der Waals surface area contributed by atoms with Crippen molar-refractivity contribution in [1.29, 1.82) is 0 Å². The Balaban J connectivity index is 1.71. The number of guanidine groups is 1. The molecule has 21 heavy (non-hydrogen) atoms. The first-order chi connectivity index (χ1) is 10.3. The topological polar surface area (TPSA) is 30.9 Å². The third-order valence-electron chi connectivity index (χ3n) is 5.32. The predicted molar refractivity (Wildman–Crippen MR) is 90.8 cm³/mol. The fourth-order valence-corrected chi connectivity index (χ4v) is 3.95. The third kappa shape index (κ3) is 4.60. The molecule has 4 heteroatoms. The average molecular weight is 294 g/mol. The molecule has 1 N–H and O–H groups in total. The van der Waals surface area contributed by atoms with Crippen molar-refractivity contribution in [2.45, 2.75) is 46.0 Å². The SMILES string of the molecule is CCN(CC)CCCNC(=NC)N1CC2CCCCC2C1. The molecule has 2 atom stereocenters. The summed E-state index contributed by atoms with van der Waals surface area (Å²) in [5.74, 6) is 2.98. The van der Waals surface area contributed by atoms with Crippen LogP contribution in [-0.4, -0.2) is 62.1 Å². The van der Waals surface area contributed by atoms with Gasteiger partial charge in [0.05, 0.1) is 0 Å². The number of nitrogens with zero attached hydrogens (tertiary/aromatic N) is 3. The van der Waals surface area contributed by atoms with Gasteiger partial charge >= 0.3 is 0 Å². The van der Waals surface area contributed by atoms with Crippen molar-refractivity contribution < 1.29 is 0 Å². The molecule has 2 fully saturated rings. The quantitative estimate of drug-likeness (QED) is 0.464. The third-order valence-corrected chi connectivity index (χ3v) is 5.32. The van der Waals surface area contributed by atoms with E-state index in [1.807, 2.05) is 7.05 Å². The highest BCUT2D eigenvalue weighted by atomic mass is 15.3. The number of hydrogen-bond acceptors (Lipinski definition) is 2. The summed E-state index contributed by atoms with van der Waals surface area (Å²) in [6.07, 6.45) is 6.93. The molecule has 0 spiro atoms. The van der Waals surface area contributed by atoms with E-state index in [0.717, 1.165) is 37.4 Å². The Labute approximate surface area is 131 Å². The summed E-state index contributed by atoms with van der Waals surface area (Å²) in [4.78, 5) is 9.48. The van der Waals surface area contributed by atoms with Crippen molar-refractivity contribution >= 4 is 5.96 Å². The van der Waals surface area contributed by atoms with E-state index >= 15 is 0 Å². The molecule has 0 amide bonds. The van der Waals surface area contributed by atoms with Crippen LogP contribution in [0, 0.1) is 11.8 Å². The Kier molecular flexibility index (Phi) is 6.81. The molecule has 0 aromatic rings. The average Bonchev–Trinajstić information content (AvgIpc) is 2.95. The van der Waals surface area contributed by atoms with Crippen molar-refractivity contribution in [3.8, 4) is 0 Å². The van der Waals surface area contributed by atoms with Crippen LogP contribution in [0.2, 0.25) is 0 Å². The lowest BCUT2D eigenvalue weighted by Gasteiger charge is -2.23. The lowest BCUT2D eigenvalue weighted by Crippen LogP contribution is -2.41. The second-order valence-electron chi connectivity index (χ2n) is 6.56. The molecule has 2 aliphatic rings. The van der Waals surface area contributed by atoms with E-state index in [2.05, 4.69) is 34.0 Å². The lowest BCUT2D eigenvalue weighted by atomic mass is 9.82. The number of rotatable bonds is 6. The van der Waals surface area contributed by atoms with Crippen molar-refractivity contribution in [2.75, 3.05) is 46.3 Å². The van der Waals surface area contributed by atoms with Crippen LogP contribution in [0.25, 0.3) is 0 Å². The van der Waals surface area contributed by atoms with Crippen LogP contribution in [0.1, 0.15) is 46.0 Å². The number of likely N-dealkylation sites (tertiary alicyclic amines) is 1. The first-order valence-electron chi connectivity index (χ1n) is 8.96. The van der Waals surface area contributed by atoms with Gasteiger partial charge in [0.15, 0.2) is 5.96 Å². The Morgan fingerprint density at radius 3 is 2.29 bits per heavy atom. The minimum Gasteiger partial charge on any atom is -0.356 e. The van der Waals surface area contributed by atoms with Gasteiger partial charge in [-0.1, -0.05) is 26.7 Å². The van der Waals surface area contributed by atoms with Crippen LogP contribution in [-0.2, 0) is 0 Å². The zero-order chi connectivity index (χ0) is 15.1. The monoisotopic (exact) mass is 294 g/mol. The van der Waals surface area contributed by atoms with Crippen LogP contribution in [0.3, 0.4) is 0 Å². The van der Waals surface area contributed by atoms with Crippen LogP contribution in [0.5, 0.6) is 0 Å². The van der Waals surface area contributed by atoms with E-state index in [1.54, 1.807) is 0 Å². The number of aliphatic imine (C=N–C) groups is 1. The van der Waals surface area contributed by atoms with Gasteiger partial charge in [-0.05, 0) is 50.7 Å². The number of hydrogen-bond donors (Lipinski definition) is 1. The molecule has 4 nitrogen and oxygen atoms in total. The fourth-order valence-electron chi connectivity index (χ4n) is 3.95. The van der Waals surface area contributed by atoms with Crippen LogP contribution in [0.15, 0.2) is 4.99 Å². The largest absolute Gasteiger partial charge is 0.356 e. The van der Waals surface area contributed by atoms with E-state index in [-0.39, 0.29) is 0 Å². The van der Waals surface area contributed by atoms with E-state index in [4.69, 9.17) is 0 Å². The van der Waals surface area contributed by atoms with Crippen molar-refractivity contribution in [3.63, 3.8) is 0 Å². The Morgan fingerprint density at radius 1 is 1.14 bits per heavy atom. The number of fused-ring (bicyclic) bond motifs is 1. The summed E-state index contributed by atoms with van der Waals surface area (Å²) >= 11 is 0. The maximum absolute atomic E-state index is 4.50.